The van der Waals surface area contributed by atoms with Crippen molar-refractivity contribution in [2.75, 3.05) is 31.6 Å². The van der Waals surface area contributed by atoms with E-state index >= 15 is 0 Å². The third kappa shape index (κ3) is 4.45. The largest absolute Gasteiger partial charge is 0.476 e. The predicted molar refractivity (Wildman–Crippen MR) is 101 cm³/mol. The number of hydrogen-bond acceptors (Lipinski definition) is 6. The number of halogens is 1. The summed E-state index contributed by atoms with van der Waals surface area (Å²) >= 11 is 0. The summed E-state index contributed by atoms with van der Waals surface area (Å²) in [7, 11) is 0. The second-order valence-corrected chi connectivity index (χ2v) is 7.10. The summed E-state index contributed by atoms with van der Waals surface area (Å²) in [4.78, 5) is 20.5. The van der Waals surface area contributed by atoms with Crippen molar-refractivity contribution in [2.45, 2.75) is 25.4 Å². The Morgan fingerprint density at radius 1 is 1.32 bits per heavy atom. The number of hydrogen-bond donors (Lipinski definition) is 2. The van der Waals surface area contributed by atoms with Crippen LogP contribution in [-0.4, -0.2) is 42.2 Å². The van der Waals surface area contributed by atoms with Crippen LogP contribution in [0.15, 0.2) is 30.6 Å². The molecule has 8 heteroatoms. The highest BCUT2D eigenvalue weighted by atomic mass is 19.1. The molecule has 7 nitrogen and oxygen atoms in total. The number of nitrogens with one attached hydrogen (secondary N) is 2. The number of carbonyl (C=O) groups excluding carboxylic acids is 1. The normalized spacial score (nSPS) is 19.7. The van der Waals surface area contributed by atoms with Crippen molar-refractivity contribution in [3.8, 4) is 5.88 Å². The predicted octanol–water partition coefficient (Wildman–Crippen LogP) is 2.71. The molecule has 2 fully saturated rings. The highest BCUT2D eigenvalue weighted by molar-refractivity contribution is 6.02. The standard InChI is InChI=1S/C20H23FN4O3/c21-16-8-14(4-5-15(16)18-10-22-6-7-27-18)25-20(26)17-9-24-19(11-23-17)28-12-13-2-1-3-13/h4-5,8-9,11,13,18,22H,1-3,6-7,10,12H2,(H,25,26)/t18-/m1/s1. The maximum Gasteiger partial charge on any atom is 0.275 e. The van der Waals surface area contributed by atoms with Crippen molar-refractivity contribution in [2.24, 2.45) is 5.92 Å². The summed E-state index contributed by atoms with van der Waals surface area (Å²) in [6.07, 6.45) is 6.10. The molecule has 1 saturated heterocycles. The maximum absolute atomic E-state index is 14.4. The topological polar surface area (TPSA) is 85.4 Å². The van der Waals surface area contributed by atoms with E-state index in [1.165, 1.54) is 37.7 Å². The summed E-state index contributed by atoms with van der Waals surface area (Å²) in [5.74, 6) is 0.121. The van der Waals surface area contributed by atoms with Gasteiger partial charge in [-0.3, -0.25) is 4.79 Å². The SMILES string of the molecule is O=C(Nc1ccc([C@H]2CNCCO2)c(F)c1)c1cnc(OCC2CCC2)cn1. The van der Waals surface area contributed by atoms with Crippen molar-refractivity contribution in [1.82, 2.24) is 15.3 Å². The number of aromatic nitrogens is 2. The number of anilines is 1. The van der Waals surface area contributed by atoms with Gasteiger partial charge in [-0.2, -0.15) is 0 Å². The van der Waals surface area contributed by atoms with Crippen LogP contribution in [0.2, 0.25) is 0 Å². The lowest BCUT2D eigenvalue weighted by molar-refractivity contribution is 0.0255. The molecule has 0 spiro atoms. The molecule has 1 aromatic heterocycles. The van der Waals surface area contributed by atoms with E-state index in [-0.39, 0.29) is 11.8 Å². The van der Waals surface area contributed by atoms with Gasteiger partial charge in [0.05, 0.1) is 31.7 Å². The van der Waals surface area contributed by atoms with E-state index in [9.17, 15) is 9.18 Å². The van der Waals surface area contributed by atoms with E-state index < -0.39 is 11.7 Å². The molecule has 148 valence electrons. The molecule has 0 unspecified atom stereocenters. The Morgan fingerprint density at radius 2 is 2.21 bits per heavy atom. The van der Waals surface area contributed by atoms with Crippen molar-refractivity contribution >= 4 is 11.6 Å². The Kier molecular flexibility index (Phi) is 5.78. The Bertz CT molecular complexity index is 821. The summed E-state index contributed by atoms with van der Waals surface area (Å²) < 4.78 is 25.6. The molecule has 0 bridgehead atoms. The fraction of sp³-hybridized carbons (Fsp3) is 0.450. The van der Waals surface area contributed by atoms with Gasteiger partial charge in [-0.15, -0.1) is 0 Å². The summed E-state index contributed by atoms with van der Waals surface area (Å²) in [5, 5.41) is 5.81. The summed E-state index contributed by atoms with van der Waals surface area (Å²) in [5.41, 5.74) is 0.959. The van der Waals surface area contributed by atoms with Gasteiger partial charge in [0.25, 0.3) is 5.91 Å². The molecule has 1 aromatic carbocycles. The molecule has 2 aromatic rings. The molecule has 1 amide bonds. The van der Waals surface area contributed by atoms with Crippen molar-refractivity contribution in [3.05, 3.63) is 47.7 Å². The smallest absolute Gasteiger partial charge is 0.275 e. The second-order valence-electron chi connectivity index (χ2n) is 7.10. The van der Waals surface area contributed by atoms with Gasteiger partial charge in [0.15, 0.2) is 0 Å². The molecule has 1 atom stereocenters. The molecule has 0 radical (unpaired) electrons. The minimum atomic E-state index is -0.458. The van der Waals surface area contributed by atoms with E-state index in [0.717, 1.165) is 6.54 Å². The zero-order valence-corrected chi connectivity index (χ0v) is 15.5. The van der Waals surface area contributed by atoms with Crippen molar-refractivity contribution in [3.63, 3.8) is 0 Å². The van der Waals surface area contributed by atoms with Crippen LogP contribution in [0.5, 0.6) is 5.88 Å². The van der Waals surface area contributed by atoms with Crippen LogP contribution in [0.3, 0.4) is 0 Å². The first kappa shape index (κ1) is 18.8. The van der Waals surface area contributed by atoms with E-state index in [1.807, 2.05) is 0 Å². The average molecular weight is 386 g/mol. The zero-order chi connectivity index (χ0) is 19.3. The number of nitrogens with zero attached hydrogens (tertiary/aromatic N) is 2. The van der Waals surface area contributed by atoms with Crippen molar-refractivity contribution in [1.29, 1.82) is 0 Å². The number of rotatable bonds is 6. The molecule has 4 rings (SSSR count). The van der Waals surface area contributed by atoms with Gasteiger partial charge in [0.2, 0.25) is 5.88 Å². The Hall–Kier alpha value is -2.58. The lowest BCUT2D eigenvalue weighted by atomic mass is 9.86. The summed E-state index contributed by atoms with van der Waals surface area (Å²) in [6.45, 7) is 2.50. The van der Waals surface area contributed by atoms with Crippen LogP contribution in [-0.2, 0) is 4.74 Å². The number of morpholine rings is 1. The highest BCUT2D eigenvalue weighted by Crippen LogP contribution is 2.27. The average Bonchev–Trinajstić information content (AvgIpc) is 2.68. The van der Waals surface area contributed by atoms with Gasteiger partial charge in [-0.1, -0.05) is 12.5 Å². The summed E-state index contributed by atoms with van der Waals surface area (Å²) in [6, 6.07) is 4.57. The maximum atomic E-state index is 14.4. The minimum Gasteiger partial charge on any atom is -0.476 e. The van der Waals surface area contributed by atoms with Crippen LogP contribution >= 0.6 is 0 Å². The lowest BCUT2D eigenvalue weighted by Gasteiger charge is -2.24. The molecule has 2 N–H and O–H groups in total. The number of carbonyl (C=O) groups is 1. The number of amides is 1. The van der Waals surface area contributed by atoms with Gasteiger partial charge >= 0.3 is 0 Å². The first-order valence-electron chi connectivity index (χ1n) is 9.57. The minimum absolute atomic E-state index is 0.139. The quantitative estimate of drug-likeness (QED) is 0.794. The monoisotopic (exact) mass is 386 g/mol. The van der Waals surface area contributed by atoms with Gasteiger partial charge in [0.1, 0.15) is 11.5 Å². The van der Waals surface area contributed by atoms with E-state index in [4.69, 9.17) is 9.47 Å². The zero-order valence-electron chi connectivity index (χ0n) is 15.5. The Balaban J connectivity index is 1.35. The third-order valence-corrected chi connectivity index (χ3v) is 5.09. The lowest BCUT2D eigenvalue weighted by Crippen LogP contribution is -2.33. The van der Waals surface area contributed by atoms with Gasteiger partial charge < -0.3 is 20.1 Å². The first-order chi connectivity index (χ1) is 13.7. The first-order valence-corrected chi connectivity index (χ1v) is 9.57. The molecule has 1 aliphatic heterocycles. The molecular formula is C20H23FN4O3. The molecule has 28 heavy (non-hydrogen) atoms. The second kappa shape index (κ2) is 8.62. The van der Waals surface area contributed by atoms with Crippen LogP contribution < -0.4 is 15.4 Å². The van der Waals surface area contributed by atoms with Crippen LogP contribution in [0.4, 0.5) is 10.1 Å². The number of ether oxygens (including phenoxy) is 2. The Morgan fingerprint density at radius 3 is 2.86 bits per heavy atom. The highest BCUT2D eigenvalue weighted by Gasteiger charge is 2.20. The van der Waals surface area contributed by atoms with Gasteiger partial charge in [-0.25, -0.2) is 14.4 Å². The van der Waals surface area contributed by atoms with E-state index in [0.29, 0.717) is 42.8 Å². The van der Waals surface area contributed by atoms with E-state index in [2.05, 4.69) is 20.6 Å². The molecular weight excluding hydrogens is 363 g/mol. The van der Waals surface area contributed by atoms with Gasteiger partial charge in [0, 0.05) is 24.3 Å². The van der Waals surface area contributed by atoms with Crippen LogP contribution in [0.25, 0.3) is 0 Å². The molecule has 1 aliphatic carbocycles. The van der Waals surface area contributed by atoms with Crippen LogP contribution in [0.1, 0.15) is 41.4 Å². The van der Waals surface area contributed by atoms with E-state index in [1.54, 1.807) is 12.1 Å². The van der Waals surface area contributed by atoms with Crippen molar-refractivity contribution < 1.29 is 18.7 Å². The fourth-order valence-electron chi connectivity index (χ4n) is 3.20. The van der Waals surface area contributed by atoms with Crippen LogP contribution in [0, 0.1) is 11.7 Å². The molecule has 1 saturated carbocycles. The molecule has 2 heterocycles. The fourth-order valence-corrected chi connectivity index (χ4v) is 3.20. The molecule has 2 aliphatic rings. The Labute approximate surface area is 162 Å². The van der Waals surface area contributed by atoms with Gasteiger partial charge in [-0.05, 0) is 30.9 Å². The third-order valence-electron chi connectivity index (χ3n) is 5.09. The number of benzene rings is 1.